The molecule has 0 aromatic heterocycles. The van der Waals surface area contributed by atoms with E-state index in [0.29, 0.717) is 0 Å². The van der Waals surface area contributed by atoms with Gasteiger partial charge in [0.15, 0.2) is 5.34 Å². The highest BCUT2D eigenvalue weighted by Gasteiger charge is 2.04. The first-order valence-electron chi connectivity index (χ1n) is 5.59. The second-order valence-corrected chi connectivity index (χ2v) is 3.50. The van der Waals surface area contributed by atoms with E-state index < -0.39 is 0 Å². The highest BCUT2D eigenvalue weighted by Crippen LogP contribution is 2.03. The monoisotopic (exact) mass is 202 g/mol. The third-order valence-electron chi connectivity index (χ3n) is 2.17. The van der Waals surface area contributed by atoms with Crippen LogP contribution >= 0.6 is 0 Å². The van der Waals surface area contributed by atoms with Crippen LogP contribution < -0.4 is 0 Å². The maximum absolute atomic E-state index is 9.97. The number of rotatable bonds is 10. The van der Waals surface area contributed by atoms with E-state index in [-0.39, 0.29) is 0 Å². The van der Waals surface area contributed by atoms with Gasteiger partial charge >= 0.3 is 0 Å². The van der Waals surface area contributed by atoms with Crippen LogP contribution in [0.4, 0.5) is 0 Å². The average molecular weight is 202 g/mol. The molecule has 0 aromatic rings. The molecule has 0 rings (SSSR count). The summed E-state index contributed by atoms with van der Waals surface area (Å²) in [5, 5.41) is 4.13. The molecule has 0 aliphatic rings. The topological polar surface area (TPSA) is 41.9 Å². The van der Waals surface area contributed by atoms with Crippen LogP contribution in [0.2, 0.25) is 0 Å². The van der Waals surface area contributed by atoms with Crippen LogP contribution in [0.25, 0.3) is 0 Å². The summed E-state index contributed by atoms with van der Waals surface area (Å²) < 4.78 is 0. The Morgan fingerprint density at radius 3 is 1.86 bits per heavy atom. The molecule has 14 heavy (non-hydrogen) atoms. The minimum atomic E-state index is 0.809. The zero-order valence-corrected chi connectivity index (χ0v) is 9.37. The Bertz CT molecular complexity index is 121. The van der Waals surface area contributed by atoms with Gasteiger partial charge < -0.3 is 0 Å². The van der Waals surface area contributed by atoms with Crippen molar-refractivity contribution in [2.24, 2.45) is 5.34 Å². The molecule has 0 unspecified atom stereocenters. The standard InChI is InChI=1S/C10H22N2O2/c1-3-5-7-9-12(14-11-13)10-8-6-4-2/h3-10H2,1-2H3. The van der Waals surface area contributed by atoms with Crippen molar-refractivity contribution in [2.45, 2.75) is 52.4 Å². The van der Waals surface area contributed by atoms with E-state index in [9.17, 15) is 4.91 Å². The quantitative estimate of drug-likeness (QED) is 0.310. The first kappa shape index (κ1) is 13.4. The van der Waals surface area contributed by atoms with Crippen LogP contribution in [0, 0.1) is 4.91 Å². The Kier molecular flexibility index (Phi) is 9.96. The van der Waals surface area contributed by atoms with Crippen LogP contribution in [0.15, 0.2) is 5.34 Å². The van der Waals surface area contributed by atoms with Crippen molar-refractivity contribution in [3.8, 4) is 0 Å². The van der Waals surface area contributed by atoms with E-state index >= 15 is 0 Å². The highest BCUT2D eigenvalue weighted by atomic mass is 16.9. The van der Waals surface area contributed by atoms with Crippen LogP contribution in [0.1, 0.15) is 52.4 Å². The van der Waals surface area contributed by atoms with Crippen LogP contribution in [0.3, 0.4) is 0 Å². The van der Waals surface area contributed by atoms with Crippen molar-refractivity contribution in [3.05, 3.63) is 4.91 Å². The molecule has 4 heteroatoms. The molecule has 0 saturated carbocycles. The van der Waals surface area contributed by atoms with E-state index in [1.165, 1.54) is 25.7 Å². The molecule has 0 N–H and O–H groups in total. The summed E-state index contributed by atoms with van der Waals surface area (Å²) in [6.45, 7) is 5.92. The summed E-state index contributed by atoms with van der Waals surface area (Å²) in [7, 11) is 0. The largest absolute Gasteiger partial charge is 0.260 e. The van der Waals surface area contributed by atoms with Gasteiger partial charge in [-0.15, -0.1) is 9.97 Å². The zero-order valence-electron chi connectivity index (χ0n) is 9.37. The normalized spacial score (nSPS) is 10.5. The molecule has 0 aliphatic carbocycles. The lowest BCUT2D eigenvalue weighted by atomic mass is 10.2. The van der Waals surface area contributed by atoms with Gasteiger partial charge in [-0.05, 0) is 12.8 Å². The predicted molar refractivity (Wildman–Crippen MR) is 57.5 cm³/mol. The van der Waals surface area contributed by atoms with Gasteiger partial charge in [-0.3, -0.25) is 4.94 Å². The Balaban J connectivity index is 3.49. The maximum atomic E-state index is 9.97. The first-order chi connectivity index (χ1) is 6.85. The molecule has 0 bridgehead atoms. The summed E-state index contributed by atoms with van der Waals surface area (Å²) in [6.07, 6.45) is 6.84. The first-order valence-corrected chi connectivity index (χ1v) is 5.59. The minimum absolute atomic E-state index is 0.809. The lowest BCUT2D eigenvalue weighted by molar-refractivity contribution is -0.162. The van der Waals surface area contributed by atoms with Crippen LogP contribution in [-0.4, -0.2) is 18.2 Å². The Morgan fingerprint density at radius 1 is 1.00 bits per heavy atom. The van der Waals surface area contributed by atoms with E-state index in [1.807, 2.05) is 0 Å². The lowest BCUT2D eigenvalue weighted by Crippen LogP contribution is -2.24. The third kappa shape index (κ3) is 7.98. The average Bonchev–Trinajstić information content (AvgIpc) is 2.18. The highest BCUT2D eigenvalue weighted by molar-refractivity contribution is 4.48. The molecule has 0 aromatic carbocycles. The third-order valence-corrected chi connectivity index (χ3v) is 2.17. The fourth-order valence-corrected chi connectivity index (χ4v) is 1.32. The number of hydroxylamine groups is 2. The van der Waals surface area contributed by atoms with Gasteiger partial charge in [0.05, 0.1) is 0 Å². The van der Waals surface area contributed by atoms with Gasteiger partial charge in [-0.1, -0.05) is 39.5 Å². The van der Waals surface area contributed by atoms with Crippen molar-refractivity contribution < 1.29 is 4.94 Å². The maximum Gasteiger partial charge on any atom is 0.176 e. The summed E-state index contributed by atoms with van der Waals surface area (Å²) >= 11 is 0. The molecule has 0 amide bonds. The van der Waals surface area contributed by atoms with Crippen molar-refractivity contribution in [1.29, 1.82) is 0 Å². The van der Waals surface area contributed by atoms with Gasteiger partial charge in [0.2, 0.25) is 0 Å². The van der Waals surface area contributed by atoms with Gasteiger partial charge in [-0.2, -0.15) is 0 Å². The molecular weight excluding hydrogens is 180 g/mol. The van der Waals surface area contributed by atoms with Crippen LogP contribution in [0.5, 0.6) is 0 Å². The zero-order chi connectivity index (χ0) is 10.6. The van der Waals surface area contributed by atoms with Gasteiger partial charge in [0.1, 0.15) is 0 Å². The van der Waals surface area contributed by atoms with Crippen molar-refractivity contribution in [1.82, 2.24) is 5.06 Å². The molecule has 0 radical (unpaired) electrons. The van der Waals surface area contributed by atoms with Crippen LogP contribution in [-0.2, 0) is 4.94 Å². The van der Waals surface area contributed by atoms with Crippen molar-refractivity contribution >= 4 is 0 Å². The molecule has 0 atom stereocenters. The summed E-state index contributed by atoms with van der Waals surface area (Å²) in [4.78, 5) is 14.6. The smallest absolute Gasteiger partial charge is 0.176 e. The van der Waals surface area contributed by atoms with E-state index in [0.717, 1.165) is 25.9 Å². The molecule has 0 aliphatic heterocycles. The second-order valence-electron chi connectivity index (χ2n) is 3.50. The summed E-state index contributed by atoms with van der Waals surface area (Å²) in [6, 6.07) is 0. The van der Waals surface area contributed by atoms with Crippen molar-refractivity contribution in [3.63, 3.8) is 0 Å². The Labute approximate surface area is 86.5 Å². The molecule has 4 nitrogen and oxygen atoms in total. The summed E-state index contributed by atoms with van der Waals surface area (Å²) in [5.41, 5.74) is 0. The van der Waals surface area contributed by atoms with Gasteiger partial charge in [0, 0.05) is 13.1 Å². The molecule has 0 fully saturated rings. The fraction of sp³-hybridized carbons (Fsp3) is 1.00. The van der Waals surface area contributed by atoms with Crippen molar-refractivity contribution in [2.75, 3.05) is 13.1 Å². The number of nitrogens with zero attached hydrogens (tertiary/aromatic N) is 2. The van der Waals surface area contributed by atoms with Gasteiger partial charge in [0.25, 0.3) is 0 Å². The Morgan fingerprint density at radius 2 is 1.50 bits per heavy atom. The fourth-order valence-electron chi connectivity index (χ4n) is 1.32. The molecule has 0 spiro atoms. The van der Waals surface area contributed by atoms with Gasteiger partial charge in [-0.25, -0.2) is 0 Å². The molecular formula is C10H22N2O2. The minimum Gasteiger partial charge on any atom is -0.260 e. The number of hydrogen-bond acceptors (Lipinski definition) is 4. The number of unbranched alkanes of at least 4 members (excludes halogenated alkanes) is 4. The summed E-state index contributed by atoms with van der Waals surface area (Å²) in [5.74, 6) is 0. The second kappa shape index (κ2) is 10.4. The predicted octanol–water partition coefficient (Wildman–Crippen LogP) is 3.28. The van der Waals surface area contributed by atoms with E-state index in [2.05, 4.69) is 24.1 Å². The molecule has 0 heterocycles. The van der Waals surface area contributed by atoms with E-state index in [4.69, 9.17) is 0 Å². The Hall–Kier alpha value is -0.640. The molecule has 84 valence electrons. The SMILES string of the molecule is CCCCCN(CCCCC)ON=O. The number of hydrogen-bond donors (Lipinski definition) is 0. The van der Waals surface area contributed by atoms with E-state index in [1.54, 1.807) is 5.06 Å². The lowest BCUT2D eigenvalue weighted by Gasteiger charge is -2.15. The molecule has 0 saturated heterocycles.